The first kappa shape index (κ1) is 28.0. The highest BCUT2D eigenvalue weighted by Crippen LogP contribution is 2.34. The molecule has 3 amide bonds. The van der Waals surface area contributed by atoms with Crippen LogP contribution in [-0.4, -0.2) is 74.8 Å². The number of amides is 3. The van der Waals surface area contributed by atoms with Crippen LogP contribution in [0.5, 0.6) is 11.5 Å². The van der Waals surface area contributed by atoms with Crippen molar-refractivity contribution in [3.63, 3.8) is 0 Å². The largest absolute Gasteiger partial charge is 0.493 e. The Hall–Kier alpha value is -2.97. The van der Waals surface area contributed by atoms with Crippen molar-refractivity contribution in [3.8, 4) is 11.5 Å². The highest BCUT2D eigenvalue weighted by atomic mass is 35.5. The van der Waals surface area contributed by atoms with Crippen LogP contribution in [0.4, 0.5) is 10.5 Å². The van der Waals surface area contributed by atoms with Gasteiger partial charge in [-0.05, 0) is 42.2 Å². The van der Waals surface area contributed by atoms with E-state index in [1.165, 1.54) is 0 Å². The molecule has 0 saturated carbocycles. The minimum atomic E-state index is -0.0685. The van der Waals surface area contributed by atoms with Crippen molar-refractivity contribution >= 4 is 29.2 Å². The first-order chi connectivity index (χ1) is 18.5. The van der Waals surface area contributed by atoms with E-state index in [1.807, 2.05) is 46.2 Å². The molecular weight excluding hydrogens is 506 g/mol. The molecule has 4 rings (SSSR count). The van der Waals surface area contributed by atoms with E-state index in [4.69, 9.17) is 25.8 Å². The second kappa shape index (κ2) is 13.7. The van der Waals surface area contributed by atoms with Gasteiger partial charge in [-0.1, -0.05) is 43.5 Å². The van der Waals surface area contributed by atoms with Crippen molar-refractivity contribution in [2.75, 3.05) is 58.0 Å². The maximum absolute atomic E-state index is 13.5. The summed E-state index contributed by atoms with van der Waals surface area (Å²) < 4.78 is 16.8. The Labute approximate surface area is 230 Å². The van der Waals surface area contributed by atoms with Gasteiger partial charge in [0.1, 0.15) is 0 Å². The van der Waals surface area contributed by atoms with Gasteiger partial charge < -0.3 is 24.0 Å². The highest BCUT2D eigenvalue weighted by molar-refractivity contribution is 6.31. The normalized spacial score (nSPS) is 16.1. The lowest BCUT2D eigenvalue weighted by molar-refractivity contribution is -0.134. The van der Waals surface area contributed by atoms with Gasteiger partial charge in [-0.25, -0.2) is 4.79 Å². The molecule has 2 saturated heterocycles. The summed E-state index contributed by atoms with van der Waals surface area (Å²) in [6.07, 6.45) is 4.35. The first-order valence-corrected chi connectivity index (χ1v) is 13.9. The molecule has 0 spiro atoms. The molecule has 0 aromatic heterocycles. The Morgan fingerprint density at radius 2 is 1.84 bits per heavy atom. The number of urea groups is 1. The number of hydrogen-bond acceptors (Lipinski definition) is 5. The monoisotopic (exact) mass is 543 g/mol. The molecule has 2 fully saturated rings. The van der Waals surface area contributed by atoms with Gasteiger partial charge in [0.15, 0.2) is 11.5 Å². The molecule has 9 heteroatoms. The number of carbonyl (C=O) groups is 2. The van der Waals surface area contributed by atoms with E-state index in [1.54, 1.807) is 12.0 Å². The maximum atomic E-state index is 13.5. The molecule has 0 radical (unpaired) electrons. The van der Waals surface area contributed by atoms with Gasteiger partial charge in [0.2, 0.25) is 5.91 Å². The number of anilines is 1. The van der Waals surface area contributed by atoms with Crippen LogP contribution >= 0.6 is 11.6 Å². The average molecular weight is 544 g/mol. The fourth-order valence-corrected chi connectivity index (χ4v) is 5.04. The van der Waals surface area contributed by atoms with E-state index in [9.17, 15) is 9.59 Å². The number of hydrogen-bond donors (Lipinski definition) is 0. The SMILES string of the molecule is CCCCCOc1cc(N2CCCN(Cc3ccc(CC(=O)N4CCOCC4)cc3Cl)C2=O)ccc1OC. The first-order valence-electron chi connectivity index (χ1n) is 13.5. The summed E-state index contributed by atoms with van der Waals surface area (Å²) in [7, 11) is 1.62. The summed E-state index contributed by atoms with van der Waals surface area (Å²) in [5.74, 6) is 1.38. The standard InChI is InChI=1S/C29H38ClN3O5/c1-3-4-5-15-38-27-20-24(9-10-26(27)36-2)33-12-6-11-32(29(33)35)21-23-8-7-22(18-25(23)30)19-28(34)31-13-16-37-17-14-31/h7-10,18,20H,3-6,11-17,19,21H2,1-2H3. The summed E-state index contributed by atoms with van der Waals surface area (Å²) in [6.45, 7) is 6.86. The van der Waals surface area contributed by atoms with Crippen LogP contribution in [0.2, 0.25) is 5.02 Å². The summed E-state index contributed by atoms with van der Waals surface area (Å²) in [5, 5.41) is 0.564. The van der Waals surface area contributed by atoms with Gasteiger partial charge in [-0.2, -0.15) is 0 Å². The van der Waals surface area contributed by atoms with Crippen LogP contribution in [-0.2, 0) is 22.5 Å². The maximum Gasteiger partial charge on any atom is 0.324 e. The van der Waals surface area contributed by atoms with E-state index in [0.717, 1.165) is 42.5 Å². The third kappa shape index (κ3) is 7.11. The molecule has 2 aliphatic rings. The van der Waals surface area contributed by atoms with E-state index in [2.05, 4.69) is 6.92 Å². The Kier molecular flexibility index (Phi) is 10.1. The lowest BCUT2D eigenvalue weighted by Gasteiger charge is -2.36. The fraction of sp³-hybridized carbons (Fsp3) is 0.517. The second-order valence-electron chi connectivity index (χ2n) is 9.70. The Bertz CT molecular complexity index is 1110. The van der Waals surface area contributed by atoms with E-state index in [0.29, 0.717) is 75.5 Å². The van der Waals surface area contributed by atoms with Crippen molar-refractivity contribution in [1.29, 1.82) is 0 Å². The van der Waals surface area contributed by atoms with Crippen LogP contribution in [0.3, 0.4) is 0 Å². The molecule has 2 heterocycles. The second-order valence-corrected chi connectivity index (χ2v) is 10.1. The van der Waals surface area contributed by atoms with Crippen molar-refractivity contribution in [2.45, 2.75) is 45.6 Å². The lowest BCUT2D eigenvalue weighted by atomic mass is 10.1. The number of nitrogens with zero attached hydrogens (tertiary/aromatic N) is 3. The summed E-state index contributed by atoms with van der Waals surface area (Å²) >= 11 is 6.62. The zero-order chi connectivity index (χ0) is 26.9. The quantitative estimate of drug-likeness (QED) is 0.366. The number of ether oxygens (including phenoxy) is 3. The van der Waals surface area contributed by atoms with Gasteiger partial charge in [0.05, 0.1) is 33.4 Å². The van der Waals surface area contributed by atoms with Gasteiger partial charge in [0.25, 0.3) is 0 Å². The van der Waals surface area contributed by atoms with E-state index < -0.39 is 0 Å². The van der Waals surface area contributed by atoms with Gasteiger partial charge >= 0.3 is 6.03 Å². The van der Waals surface area contributed by atoms with Crippen LogP contribution in [0, 0.1) is 0 Å². The fourth-order valence-electron chi connectivity index (χ4n) is 4.78. The van der Waals surface area contributed by atoms with Gasteiger partial charge in [-0.15, -0.1) is 0 Å². The number of methoxy groups -OCH3 is 1. The molecule has 0 N–H and O–H groups in total. The smallest absolute Gasteiger partial charge is 0.324 e. The Morgan fingerprint density at radius 1 is 1.03 bits per heavy atom. The van der Waals surface area contributed by atoms with Gasteiger partial charge in [-0.3, -0.25) is 9.69 Å². The van der Waals surface area contributed by atoms with Crippen LogP contribution in [0.25, 0.3) is 0 Å². The zero-order valence-electron chi connectivity index (χ0n) is 22.4. The van der Waals surface area contributed by atoms with Crippen LogP contribution in [0.1, 0.15) is 43.7 Å². The molecule has 206 valence electrons. The van der Waals surface area contributed by atoms with Crippen molar-refractivity contribution in [2.24, 2.45) is 0 Å². The molecule has 2 aromatic rings. The number of benzene rings is 2. The van der Waals surface area contributed by atoms with Crippen molar-refractivity contribution < 1.29 is 23.8 Å². The van der Waals surface area contributed by atoms with Crippen LogP contribution in [0.15, 0.2) is 36.4 Å². The van der Waals surface area contributed by atoms with E-state index in [-0.39, 0.29) is 11.9 Å². The lowest BCUT2D eigenvalue weighted by Crippen LogP contribution is -2.49. The van der Waals surface area contributed by atoms with E-state index >= 15 is 0 Å². The number of carbonyl (C=O) groups excluding carboxylic acids is 2. The number of morpholine rings is 1. The molecule has 2 aromatic carbocycles. The predicted octanol–water partition coefficient (Wildman–Crippen LogP) is 5.15. The number of halogens is 1. The summed E-state index contributed by atoms with van der Waals surface area (Å²) in [6, 6.07) is 11.3. The third-order valence-electron chi connectivity index (χ3n) is 6.97. The molecule has 8 nitrogen and oxygen atoms in total. The molecule has 2 aliphatic heterocycles. The number of unbranched alkanes of at least 4 members (excludes halogenated alkanes) is 2. The summed E-state index contributed by atoms with van der Waals surface area (Å²) in [4.78, 5) is 31.5. The predicted molar refractivity (Wildman–Crippen MR) is 148 cm³/mol. The Morgan fingerprint density at radius 3 is 2.58 bits per heavy atom. The molecule has 0 unspecified atom stereocenters. The minimum Gasteiger partial charge on any atom is -0.493 e. The average Bonchev–Trinajstić information content (AvgIpc) is 2.94. The molecule has 0 aliphatic carbocycles. The zero-order valence-corrected chi connectivity index (χ0v) is 23.2. The summed E-state index contributed by atoms with van der Waals surface area (Å²) in [5.41, 5.74) is 2.51. The molecule has 0 atom stereocenters. The molecule has 0 bridgehead atoms. The minimum absolute atomic E-state index is 0.0685. The topological polar surface area (TPSA) is 71.5 Å². The molecule has 38 heavy (non-hydrogen) atoms. The highest BCUT2D eigenvalue weighted by Gasteiger charge is 2.28. The van der Waals surface area contributed by atoms with Crippen molar-refractivity contribution in [1.82, 2.24) is 9.80 Å². The van der Waals surface area contributed by atoms with Crippen LogP contribution < -0.4 is 14.4 Å². The van der Waals surface area contributed by atoms with Gasteiger partial charge in [0, 0.05) is 49.5 Å². The van der Waals surface area contributed by atoms with Crippen molar-refractivity contribution in [3.05, 3.63) is 52.5 Å². The Balaban J connectivity index is 1.40. The molecular formula is C29H38ClN3O5. The third-order valence-corrected chi connectivity index (χ3v) is 7.33. The number of rotatable bonds is 11.